The zero-order valence-corrected chi connectivity index (χ0v) is 16.8. The van der Waals surface area contributed by atoms with E-state index in [1.807, 2.05) is 45.2 Å². The van der Waals surface area contributed by atoms with Crippen LogP contribution in [0.15, 0.2) is 0 Å². The van der Waals surface area contributed by atoms with Crippen LogP contribution in [0.25, 0.3) is 0 Å². The molecule has 10 heteroatoms. The number of benzene rings is 1. The van der Waals surface area contributed by atoms with Gasteiger partial charge in [0.05, 0.1) is 43.2 Å². The number of nitrogen functional groups attached to an aromatic ring is 1. The molecule has 0 aliphatic heterocycles. The maximum atomic E-state index is 12.3. The smallest absolute Gasteiger partial charge is 0.337 e. The quantitative estimate of drug-likeness (QED) is 0.242. The molecule has 0 atom stereocenters. The van der Waals surface area contributed by atoms with Gasteiger partial charge in [-0.1, -0.05) is 0 Å². The van der Waals surface area contributed by atoms with Crippen LogP contribution in [0.4, 0.5) is 5.69 Å². The fourth-order valence-electron chi connectivity index (χ4n) is 1.48. The fourth-order valence-corrected chi connectivity index (χ4v) is 5.59. The van der Waals surface area contributed by atoms with Gasteiger partial charge in [-0.15, -0.1) is 0 Å². The number of carboxylic acids is 1. The van der Waals surface area contributed by atoms with Crippen molar-refractivity contribution >= 4 is 85.3 Å². The number of carbonyl (C=O) groups excluding carboxylic acids is 1. The molecule has 0 unspecified atom stereocenters. The minimum Gasteiger partial charge on any atom is -0.478 e. The molecule has 1 amide bonds. The first-order valence-electron chi connectivity index (χ1n) is 5.48. The molecule has 0 saturated carbocycles. The lowest BCUT2D eigenvalue weighted by Gasteiger charge is -2.18. The van der Waals surface area contributed by atoms with Gasteiger partial charge >= 0.3 is 5.97 Å². The summed E-state index contributed by atoms with van der Waals surface area (Å²) in [6.45, 7) is -0.859. The number of anilines is 1. The molecule has 0 spiro atoms. The number of rotatable bonds is 5. The molecule has 116 valence electrons. The lowest BCUT2D eigenvalue weighted by Crippen LogP contribution is -2.41. The van der Waals surface area contributed by atoms with Crippen LogP contribution in [0.1, 0.15) is 20.7 Å². The summed E-state index contributed by atoms with van der Waals surface area (Å²) in [5.41, 5.74) is 6.16. The molecule has 1 aromatic carbocycles. The van der Waals surface area contributed by atoms with Crippen molar-refractivity contribution in [3.8, 4) is 0 Å². The normalized spacial score (nSPS) is 10.8. The van der Waals surface area contributed by atoms with E-state index >= 15 is 0 Å². The van der Waals surface area contributed by atoms with Crippen LogP contribution >= 0.6 is 67.8 Å². The standard InChI is InChI=1S/C11H11I3N2O5/c12-6-4(10(19)16-3(1-17)2-18)7(13)9(15)8(14)5(6)11(20)21/h3,17-18H,1-2,15H2,(H,16,19)(H,20,21). The molecule has 0 heterocycles. The van der Waals surface area contributed by atoms with Gasteiger partial charge in [0.25, 0.3) is 5.91 Å². The van der Waals surface area contributed by atoms with E-state index in [0.29, 0.717) is 7.14 Å². The van der Waals surface area contributed by atoms with E-state index < -0.39 is 31.1 Å². The Balaban J connectivity index is 3.43. The molecule has 0 saturated heterocycles. The molecule has 0 aliphatic carbocycles. The van der Waals surface area contributed by atoms with E-state index in [0.717, 1.165) is 0 Å². The summed E-state index contributed by atoms with van der Waals surface area (Å²) >= 11 is 5.47. The average molecular weight is 632 g/mol. The molecule has 6 N–H and O–H groups in total. The van der Waals surface area contributed by atoms with Gasteiger partial charge in [0, 0.05) is 3.57 Å². The Morgan fingerprint density at radius 1 is 1.05 bits per heavy atom. The van der Waals surface area contributed by atoms with Crippen LogP contribution in [-0.2, 0) is 0 Å². The summed E-state index contributed by atoms with van der Waals surface area (Å²) < 4.78 is 1.06. The topological polar surface area (TPSA) is 133 Å². The molecule has 0 fully saturated rings. The summed E-state index contributed by atoms with van der Waals surface area (Å²) in [7, 11) is 0. The van der Waals surface area contributed by atoms with Gasteiger partial charge < -0.3 is 26.4 Å². The number of amides is 1. The monoisotopic (exact) mass is 632 g/mol. The average Bonchev–Trinajstić information content (AvgIpc) is 2.42. The van der Waals surface area contributed by atoms with Gasteiger partial charge in [-0.3, -0.25) is 4.79 Å². The minimum absolute atomic E-state index is 0.0381. The van der Waals surface area contributed by atoms with Crippen molar-refractivity contribution in [3.63, 3.8) is 0 Å². The molecule has 7 nitrogen and oxygen atoms in total. The van der Waals surface area contributed by atoms with Crippen molar-refractivity contribution in [2.24, 2.45) is 0 Å². The van der Waals surface area contributed by atoms with Crippen molar-refractivity contribution in [1.29, 1.82) is 0 Å². The molecule has 0 aromatic heterocycles. The predicted molar refractivity (Wildman–Crippen MR) is 101 cm³/mol. The van der Waals surface area contributed by atoms with E-state index in [2.05, 4.69) is 5.32 Å². The largest absolute Gasteiger partial charge is 0.478 e. The first kappa shape index (κ1) is 19.1. The van der Waals surface area contributed by atoms with Crippen LogP contribution < -0.4 is 11.1 Å². The van der Waals surface area contributed by atoms with Crippen molar-refractivity contribution in [2.45, 2.75) is 6.04 Å². The zero-order valence-electron chi connectivity index (χ0n) is 10.4. The van der Waals surface area contributed by atoms with E-state index in [1.54, 1.807) is 22.6 Å². The van der Waals surface area contributed by atoms with Gasteiger partial charge in [0.2, 0.25) is 0 Å². The van der Waals surface area contributed by atoms with E-state index in [4.69, 9.17) is 15.9 Å². The third-order valence-corrected chi connectivity index (χ3v) is 5.89. The highest BCUT2D eigenvalue weighted by Crippen LogP contribution is 2.33. The molecule has 1 aromatic rings. The number of carboxylic acid groups (broad SMARTS) is 1. The van der Waals surface area contributed by atoms with Crippen molar-refractivity contribution < 1.29 is 24.9 Å². The summed E-state index contributed by atoms with van der Waals surface area (Å²) in [5, 5.41) is 29.7. The maximum Gasteiger partial charge on any atom is 0.337 e. The second-order valence-electron chi connectivity index (χ2n) is 3.95. The van der Waals surface area contributed by atoms with E-state index in [-0.39, 0.29) is 20.4 Å². The number of carbonyl (C=O) groups is 2. The second kappa shape index (κ2) is 8.07. The molecular weight excluding hydrogens is 621 g/mol. The summed E-state index contributed by atoms with van der Waals surface area (Å²) in [5.74, 6) is -1.77. The Kier molecular flexibility index (Phi) is 7.35. The molecular formula is C11H11I3N2O5. The van der Waals surface area contributed by atoms with Crippen molar-refractivity contribution in [1.82, 2.24) is 5.32 Å². The number of hydrogen-bond donors (Lipinski definition) is 5. The molecule has 0 bridgehead atoms. The summed E-state index contributed by atoms with van der Waals surface area (Å²) in [6.07, 6.45) is 0. The minimum atomic E-state index is -1.18. The first-order chi connectivity index (χ1) is 9.76. The van der Waals surface area contributed by atoms with Gasteiger partial charge in [-0.25, -0.2) is 4.79 Å². The summed E-state index contributed by atoms with van der Waals surface area (Å²) in [4.78, 5) is 23.6. The number of aliphatic hydroxyl groups excluding tert-OH is 2. The van der Waals surface area contributed by atoms with Crippen LogP contribution in [0, 0.1) is 10.7 Å². The number of hydrogen-bond acceptors (Lipinski definition) is 5. The predicted octanol–water partition coefficient (Wildman–Crippen LogP) is 0.864. The van der Waals surface area contributed by atoms with Gasteiger partial charge in [0.1, 0.15) is 0 Å². The molecule has 0 aliphatic rings. The second-order valence-corrected chi connectivity index (χ2v) is 7.18. The van der Waals surface area contributed by atoms with E-state index in [1.165, 1.54) is 0 Å². The van der Waals surface area contributed by atoms with Crippen LogP contribution in [0.2, 0.25) is 0 Å². The Morgan fingerprint density at radius 3 is 1.95 bits per heavy atom. The van der Waals surface area contributed by atoms with Crippen LogP contribution in [-0.4, -0.2) is 46.5 Å². The number of aliphatic hydroxyl groups is 2. The SMILES string of the molecule is Nc1c(I)c(C(=O)O)c(I)c(C(=O)NC(CO)CO)c1I. The molecule has 1 rings (SSSR count). The highest BCUT2D eigenvalue weighted by molar-refractivity contribution is 14.1. The fraction of sp³-hybridized carbons (Fsp3) is 0.273. The molecule has 21 heavy (non-hydrogen) atoms. The lowest BCUT2D eigenvalue weighted by atomic mass is 10.1. The first-order valence-corrected chi connectivity index (χ1v) is 8.71. The molecule has 0 radical (unpaired) electrons. The maximum absolute atomic E-state index is 12.3. The lowest BCUT2D eigenvalue weighted by molar-refractivity contribution is 0.0694. The Hall–Kier alpha value is 0.0700. The van der Waals surface area contributed by atoms with E-state index in [9.17, 15) is 14.7 Å². The zero-order chi connectivity index (χ0) is 16.3. The third-order valence-electron chi connectivity index (χ3n) is 2.57. The highest BCUT2D eigenvalue weighted by Gasteiger charge is 2.27. The van der Waals surface area contributed by atoms with Gasteiger partial charge in [-0.05, 0) is 67.8 Å². The number of nitrogens with one attached hydrogen (secondary N) is 1. The Bertz CT molecular complexity index is 590. The number of aromatic carboxylic acids is 1. The van der Waals surface area contributed by atoms with Crippen molar-refractivity contribution in [2.75, 3.05) is 18.9 Å². The highest BCUT2D eigenvalue weighted by atomic mass is 127. The third kappa shape index (κ3) is 4.08. The van der Waals surface area contributed by atoms with Gasteiger partial charge in [-0.2, -0.15) is 0 Å². The number of halogens is 3. The van der Waals surface area contributed by atoms with Crippen LogP contribution in [0.3, 0.4) is 0 Å². The Morgan fingerprint density at radius 2 is 1.52 bits per heavy atom. The van der Waals surface area contributed by atoms with Crippen LogP contribution in [0.5, 0.6) is 0 Å². The number of nitrogens with two attached hydrogens (primary N) is 1. The Labute approximate surface area is 161 Å². The summed E-state index contributed by atoms with van der Waals surface area (Å²) in [6, 6.07) is -0.821. The van der Waals surface area contributed by atoms with Gasteiger partial charge in [0.15, 0.2) is 0 Å². The van der Waals surface area contributed by atoms with Crippen molar-refractivity contribution in [3.05, 3.63) is 21.8 Å².